The second kappa shape index (κ2) is 6.91. The van der Waals surface area contributed by atoms with Crippen LogP contribution in [0.5, 0.6) is 5.75 Å². The molecule has 2 amide bonds. The number of rotatable bonds is 3. The van der Waals surface area contributed by atoms with Gasteiger partial charge in [0.2, 0.25) is 5.91 Å². The summed E-state index contributed by atoms with van der Waals surface area (Å²) in [5.41, 5.74) is 7.54. The standard InChI is InChI=1S/C22H22N4O4/c1-12-16-10-15(27)7-8-17(16)30-19(12)20(29)24-14-6-4-5-13(9-14)22(2)11-18(28)26(3)21(23)25-22/h4-10,27H,11H2,1-3H3,(H2,23,25)(H,24,29). The van der Waals surface area contributed by atoms with Gasteiger partial charge in [-0.1, -0.05) is 12.1 Å². The van der Waals surface area contributed by atoms with Crippen molar-refractivity contribution in [3.63, 3.8) is 0 Å². The SMILES string of the molecule is Cc1c(C(=O)Nc2cccc(C3(C)CC(=O)N(C)C(N)=N3)c2)oc2ccc(O)cc12. The highest BCUT2D eigenvalue weighted by Gasteiger charge is 2.36. The molecule has 0 saturated carbocycles. The molecule has 0 aliphatic carbocycles. The first-order valence-electron chi connectivity index (χ1n) is 9.44. The van der Waals surface area contributed by atoms with Crippen LogP contribution in [0.2, 0.25) is 0 Å². The lowest BCUT2D eigenvalue weighted by Crippen LogP contribution is -2.47. The normalized spacial score (nSPS) is 19.1. The number of phenolic OH excluding ortho intramolecular Hbond substituents is 1. The van der Waals surface area contributed by atoms with E-state index < -0.39 is 11.4 Å². The molecule has 1 aliphatic heterocycles. The molecule has 1 aliphatic rings. The van der Waals surface area contributed by atoms with Gasteiger partial charge in [0.05, 0.1) is 12.0 Å². The molecule has 1 aromatic heterocycles. The van der Waals surface area contributed by atoms with E-state index in [1.54, 1.807) is 44.3 Å². The van der Waals surface area contributed by atoms with Gasteiger partial charge in [-0.15, -0.1) is 0 Å². The maximum atomic E-state index is 12.8. The van der Waals surface area contributed by atoms with E-state index in [1.165, 1.54) is 11.0 Å². The lowest BCUT2D eigenvalue weighted by atomic mass is 9.87. The lowest BCUT2D eigenvalue weighted by Gasteiger charge is -2.33. The van der Waals surface area contributed by atoms with E-state index in [1.807, 2.05) is 13.0 Å². The van der Waals surface area contributed by atoms with Gasteiger partial charge in [-0.3, -0.25) is 14.5 Å². The van der Waals surface area contributed by atoms with Gasteiger partial charge in [-0.25, -0.2) is 4.99 Å². The second-order valence-corrected chi connectivity index (χ2v) is 7.64. The zero-order valence-corrected chi connectivity index (χ0v) is 16.9. The van der Waals surface area contributed by atoms with Crippen molar-refractivity contribution in [1.29, 1.82) is 0 Å². The molecule has 1 atom stereocenters. The zero-order chi connectivity index (χ0) is 21.6. The second-order valence-electron chi connectivity index (χ2n) is 7.64. The molecule has 8 nitrogen and oxygen atoms in total. The number of nitrogens with two attached hydrogens (primary N) is 1. The summed E-state index contributed by atoms with van der Waals surface area (Å²) in [4.78, 5) is 30.9. The maximum Gasteiger partial charge on any atom is 0.291 e. The Morgan fingerprint density at radius 2 is 2.07 bits per heavy atom. The van der Waals surface area contributed by atoms with Gasteiger partial charge in [0.25, 0.3) is 5.91 Å². The van der Waals surface area contributed by atoms with Gasteiger partial charge < -0.3 is 20.6 Å². The van der Waals surface area contributed by atoms with Crippen molar-refractivity contribution >= 4 is 34.4 Å². The Labute approximate surface area is 173 Å². The monoisotopic (exact) mass is 406 g/mol. The Morgan fingerprint density at radius 1 is 1.30 bits per heavy atom. The van der Waals surface area contributed by atoms with Crippen LogP contribution in [0.3, 0.4) is 0 Å². The third-order valence-corrected chi connectivity index (χ3v) is 5.44. The number of carbonyl (C=O) groups is 2. The molecule has 4 N–H and O–H groups in total. The van der Waals surface area contributed by atoms with Crippen molar-refractivity contribution < 1.29 is 19.1 Å². The average molecular weight is 406 g/mol. The first-order chi connectivity index (χ1) is 14.2. The van der Waals surface area contributed by atoms with E-state index in [2.05, 4.69) is 10.3 Å². The third kappa shape index (κ3) is 3.26. The molecule has 2 heterocycles. The van der Waals surface area contributed by atoms with Crippen molar-refractivity contribution in [3.8, 4) is 5.75 Å². The molecule has 4 rings (SSSR count). The quantitative estimate of drug-likeness (QED) is 0.617. The zero-order valence-electron chi connectivity index (χ0n) is 16.9. The lowest BCUT2D eigenvalue weighted by molar-refractivity contribution is -0.128. The van der Waals surface area contributed by atoms with Crippen LogP contribution in [0.4, 0.5) is 5.69 Å². The van der Waals surface area contributed by atoms with Crippen LogP contribution in [0.1, 0.15) is 35.0 Å². The van der Waals surface area contributed by atoms with E-state index in [9.17, 15) is 14.7 Å². The fourth-order valence-electron chi connectivity index (χ4n) is 3.62. The number of nitrogens with one attached hydrogen (secondary N) is 1. The fourth-order valence-corrected chi connectivity index (χ4v) is 3.62. The molecular formula is C22H22N4O4. The van der Waals surface area contributed by atoms with Crippen LogP contribution in [0.25, 0.3) is 11.0 Å². The summed E-state index contributed by atoms with van der Waals surface area (Å²) in [6, 6.07) is 11.8. The first kappa shape index (κ1) is 19.5. The van der Waals surface area contributed by atoms with Gasteiger partial charge in [0.1, 0.15) is 11.3 Å². The molecule has 0 radical (unpaired) electrons. The summed E-state index contributed by atoms with van der Waals surface area (Å²) in [6.45, 7) is 3.60. The van der Waals surface area contributed by atoms with E-state index in [4.69, 9.17) is 10.2 Å². The Hall–Kier alpha value is -3.81. The number of amides is 2. The molecule has 1 unspecified atom stereocenters. The van der Waals surface area contributed by atoms with E-state index in [0.29, 0.717) is 22.2 Å². The van der Waals surface area contributed by atoms with Crippen LogP contribution in [0, 0.1) is 6.92 Å². The van der Waals surface area contributed by atoms with Gasteiger partial charge in [-0.05, 0) is 49.7 Å². The number of aryl methyl sites for hydroxylation is 1. The Kier molecular flexibility index (Phi) is 4.49. The number of hydrogen-bond donors (Lipinski definition) is 3. The fraction of sp³-hybridized carbons (Fsp3) is 0.227. The summed E-state index contributed by atoms with van der Waals surface area (Å²) in [5.74, 6) is -0.103. The number of aliphatic imine (C=N–C) groups is 1. The van der Waals surface area contributed by atoms with Crippen LogP contribution in [-0.2, 0) is 10.3 Å². The minimum absolute atomic E-state index is 0.104. The minimum atomic E-state index is -0.818. The third-order valence-electron chi connectivity index (χ3n) is 5.44. The van der Waals surface area contributed by atoms with E-state index in [0.717, 1.165) is 5.56 Å². The average Bonchev–Trinajstić information content (AvgIpc) is 3.02. The number of aromatic hydroxyl groups is 1. The van der Waals surface area contributed by atoms with E-state index >= 15 is 0 Å². The molecule has 2 aromatic carbocycles. The highest BCUT2D eigenvalue weighted by molar-refractivity contribution is 6.06. The number of furan rings is 1. The number of hydrogen-bond acceptors (Lipinski definition) is 6. The number of phenols is 1. The summed E-state index contributed by atoms with van der Waals surface area (Å²) in [5, 5.41) is 13.2. The largest absolute Gasteiger partial charge is 0.508 e. The van der Waals surface area contributed by atoms with Gasteiger partial charge >= 0.3 is 0 Å². The van der Waals surface area contributed by atoms with Gasteiger partial charge in [-0.2, -0.15) is 0 Å². The number of carbonyl (C=O) groups excluding carboxylic acids is 2. The number of guanidine groups is 1. The van der Waals surface area contributed by atoms with E-state index in [-0.39, 0.29) is 29.8 Å². The van der Waals surface area contributed by atoms with Crippen molar-refractivity contribution in [3.05, 3.63) is 59.4 Å². The molecule has 0 fully saturated rings. The van der Waals surface area contributed by atoms with Crippen molar-refractivity contribution in [2.45, 2.75) is 25.8 Å². The molecule has 0 saturated heterocycles. The Morgan fingerprint density at radius 3 is 2.80 bits per heavy atom. The summed E-state index contributed by atoms with van der Waals surface area (Å²) < 4.78 is 5.68. The van der Waals surface area contributed by atoms with Crippen LogP contribution < -0.4 is 11.1 Å². The maximum absolute atomic E-state index is 12.8. The van der Waals surface area contributed by atoms with Crippen molar-refractivity contribution in [1.82, 2.24) is 4.90 Å². The number of anilines is 1. The first-order valence-corrected chi connectivity index (χ1v) is 9.44. The van der Waals surface area contributed by atoms with Crippen LogP contribution in [-0.4, -0.2) is 34.8 Å². The highest BCUT2D eigenvalue weighted by Crippen LogP contribution is 2.34. The number of benzene rings is 2. The highest BCUT2D eigenvalue weighted by atomic mass is 16.3. The molecule has 0 spiro atoms. The molecule has 3 aromatic rings. The summed E-state index contributed by atoms with van der Waals surface area (Å²) in [7, 11) is 1.59. The van der Waals surface area contributed by atoms with Crippen LogP contribution >= 0.6 is 0 Å². The molecule has 154 valence electrons. The molecular weight excluding hydrogens is 384 g/mol. The van der Waals surface area contributed by atoms with Crippen LogP contribution in [0.15, 0.2) is 51.9 Å². The van der Waals surface area contributed by atoms with Crippen molar-refractivity contribution in [2.24, 2.45) is 10.7 Å². The van der Waals surface area contributed by atoms with Gasteiger partial charge in [0, 0.05) is 23.7 Å². The molecule has 30 heavy (non-hydrogen) atoms. The van der Waals surface area contributed by atoms with Gasteiger partial charge in [0.15, 0.2) is 11.7 Å². The Bertz CT molecular complexity index is 1210. The van der Waals surface area contributed by atoms with Crippen molar-refractivity contribution in [2.75, 3.05) is 12.4 Å². The minimum Gasteiger partial charge on any atom is -0.508 e. The Balaban J connectivity index is 1.63. The summed E-state index contributed by atoms with van der Waals surface area (Å²) >= 11 is 0. The molecule has 8 heteroatoms. The molecule has 0 bridgehead atoms. The smallest absolute Gasteiger partial charge is 0.291 e. The topological polar surface area (TPSA) is 121 Å². The number of fused-ring (bicyclic) bond motifs is 1. The summed E-state index contributed by atoms with van der Waals surface area (Å²) in [6.07, 6.45) is 0.174. The predicted molar refractivity (Wildman–Crippen MR) is 113 cm³/mol. The predicted octanol–water partition coefficient (Wildman–Crippen LogP) is 3.09. The number of nitrogens with zero attached hydrogens (tertiary/aromatic N) is 2.